The summed E-state index contributed by atoms with van der Waals surface area (Å²) in [5.41, 5.74) is 2.08. The second-order valence-electron chi connectivity index (χ2n) is 4.54. The van der Waals surface area contributed by atoms with Crippen molar-refractivity contribution >= 4 is 17.5 Å². The predicted molar refractivity (Wildman–Crippen MR) is 80.3 cm³/mol. The van der Waals surface area contributed by atoms with Gasteiger partial charge in [0.2, 0.25) is 5.95 Å². The van der Waals surface area contributed by atoms with E-state index < -0.39 is 0 Å². The average Bonchev–Trinajstić information content (AvgIpc) is 3.01. The Kier molecular flexibility index (Phi) is 3.77. The normalized spacial score (nSPS) is 10.3. The Morgan fingerprint density at radius 1 is 1.14 bits per heavy atom. The molecule has 0 aliphatic carbocycles. The Labute approximate surface area is 122 Å². The Morgan fingerprint density at radius 3 is 2.86 bits per heavy atom. The van der Waals surface area contributed by atoms with E-state index >= 15 is 0 Å². The van der Waals surface area contributed by atoms with Gasteiger partial charge in [-0.05, 0) is 30.7 Å². The van der Waals surface area contributed by atoms with Crippen LogP contribution in [0.4, 0.5) is 17.5 Å². The van der Waals surface area contributed by atoms with E-state index in [-0.39, 0.29) is 0 Å². The third kappa shape index (κ3) is 3.36. The van der Waals surface area contributed by atoms with E-state index in [9.17, 15) is 0 Å². The molecular weight excluding hydrogens is 266 g/mol. The zero-order valence-corrected chi connectivity index (χ0v) is 11.6. The number of benzene rings is 1. The van der Waals surface area contributed by atoms with Gasteiger partial charge in [0.05, 0.1) is 19.0 Å². The van der Waals surface area contributed by atoms with Crippen LogP contribution in [0.1, 0.15) is 11.3 Å². The predicted octanol–water partition coefficient (Wildman–Crippen LogP) is 3.13. The zero-order chi connectivity index (χ0) is 14.5. The third-order valence-electron chi connectivity index (χ3n) is 2.97. The molecule has 6 nitrogen and oxygen atoms in total. The van der Waals surface area contributed by atoms with Crippen molar-refractivity contribution in [2.75, 3.05) is 10.6 Å². The maximum Gasteiger partial charge on any atom is 0.249 e. The molecule has 0 aliphatic heterocycles. The molecule has 0 aliphatic rings. The molecule has 3 aromatic rings. The van der Waals surface area contributed by atoms with E-state index in [1.165, 1.54) is 0 Å². The van der Waals surface area contributed by atoms with Gasteiger partial charge in [0.1, 0.15) is 5.76 Å². The lowest BCUT2D eigenvalue weighted by atomic mass is 10.2. The summed E-state index contributed by atoms with van der Waals surface area (Å²) in [6.07, 6.45) is 3.21. The standard InChI is InChI=1S/C15H15N5O/c1-11-5-2-3-7-13(11)18-15-19-14(10-17-20-15)16-9-12-6-4-8-21-12/h2-8,10H,9H2,1H3,(H2,16,18,19,20). The minimum atomic E-state index is 0.453. The lowest BCUT2D eigenvalue weighted by Crippen LogP contribution is -2.05. The van der Waals surface area contributed by atoms with Crippen molar-refractivity contribution in [2.24, 2.45) is 0 Å². The molecule has 0 spiro atoms. The first-order valence-corrected chi connectivity index (χ1v) is 6.60. The fourth-order valence-corrected chi connectivity index (χ4v) is 1.87. The van der Waals surface area contributed by atoms with Crippen LogP contribution in [0.25, 0.3) is 0 Å². The van der Waals surface area contributed by atoms with Gasteiger partial charge in [0.25, 0.3) is 0 Å². The van der Waals surface area contributed by atoms with Crippen molar-refractivity contribution in [1.82, 2.24) is 15.2 Å². The first kappa shape index (κ1) is 13.1. The Balaban J connectivity index is 1.70. The number of furan rings is 1. The van der Waals surface area contributed by atoms with Gasteiger partial charge in [-0.15, -0.1) is 5.10 Å². The fraction of sp³-hybridized carbons (Fsp3) is 0.133. The number of aryl methyl sites for hydroxylation is 1. The van der Waals surface area contributed by atoms with Crippen LogP contribution in [-0.2, 0) is 6.54 Å². The minimum absolute atomic E-state index is 0.453. The third-order valence-corrected chi connectivity index (χ3v) is 2.97. The highest BCUT2D eigenvalue weighted by Gasteiger charge is 2.03. The van der Waals surface area contributed by atoms with Crippen LogP contribution in [0.5, 0.6) is 0 Å². The van der Waals surface area contributed by atoms with Gasteiger partial charge < -0.3 is 15.1 Å². The van der Waals surface area contributed by atoms with Crippen LogP contribution in [0.3, 0.4) is 0 Å². The van der Waals surface area contributed by atoms with Gasteiger partial charge in [-0.25, -0.2) is 0 Å². The van der Waals surface area contributed by atoms with Crippen LogP contribution < -0.4 is 10.6 Å². The number of hydrogen-bond acceptors (Lipinski definition) is 6. The smallest absolute Gasteiger partial charge is 0.249 e. The molecule has 21 heavy (non-hydrogen) atoms. The molecule has 106 valence electrons. The molecule has 2 aromatic heterocycles. The van der Waals surface area contributed by atoms with E-state index in [1.54, 1.807) is 12.5 Å². The quantitative estimate of drug-likeness (QED) is 0.748. The SMILES string of the molecule is Cc1ccccc1Nc1nncc(NCc2ccco2)n1. The maximum absolute atomic E-state index is 5.25. The number of nitrogens with zero attached hydrogens (tertiary/aromatic N) is 3. The summed E-state index contributed by atoms with van der Waals surface area (Å²) in [5.74, 6) is 1.92. The second kappa shape index (κ2) is 6.04. The second-order valence-corrected chi connectivity index (χ2v) is 4.54. The monoisotopic (exact) mass is 281 g/mol. The Hall–Kier alpha value is -2.89. The number of para-hydroxylation sites is 1. The highest BCUT2D eigenvalue weighted by atomic mass is 16.3. The Morgan fingerprint density at radius 2 is 2.05 bits per heavy atom. The number of rotatable bonds is 5. The fourth-order valence-electron chi connectivity index (χ4n) is 1.87. The number of nitrogens with one attached hydrogen (secondary N) is 2. The van der Waals surface area contributed by atoms with E-state index in [2.05, 4.69) is 25.8 Å². The number of aromatic nitrogens is 3. The number of anilines is 3. The Bertz CT molecular complexity index is 712. The average molecular weight is 281 g/mol. The first-order valence-electron chi connectivity index (χ1n) is 6.60. The molecule has 0 saturated carbocycles. The van der Waals surface area contributed by atoms with Crippen LogP contribution in [-0.4, -0.2) is 15.2 Å². The van der Waals surface area contributed by atoms with Gasteiger partial charge >= 0.3 is 0 Å². The first-order chi connectivity index (χ1) is 10.3. The summed E-state index contributed by atoms with van der Waals surface area (Å²) in [5, 5.41) is 14.2. The van der Waals surface area contributed by atoms with Gasteiger partial charge in [-0.1, -0.05) is 18.2 Å². The lowest BCUT2D eigenvalue weighted by Gasteiger charge is -2.08. The van der Waals surface area contributed by atoms with Crippen LogP contribution in [0.15, 0.2) is 53.3 Å². The highest BCUT2D eigenvalue weighted by molar-refractivity contribution is 5.58. The van der Waals surface area contributed by atoms with Crippen molar-refractivity contribution in [3.8, 4) is 0 Å². The topological polar surface area (TPSA) is 75.9 Å². The molecule has 0 saturated heterocycles. The van der Waals surface area contributed by atoms with Crippen LogP contribution in [0.2, 0.25) is 0 Å². The van der Waals surface area contributed by atoms with E-state index in [0.717, 1.165) is 17.0 Å². The molecule has 0 amide bonds. The van der Waals surface area contributed by atoms with Gasteiger partial charge in [0, 0.05) is 5.69 Å². The maximum atomic E-state index is 5.25. The molecular formula is C15H15N5O. The van der Waals surface area contributed by atoms with Crippen molar-refractivity contribution in [3.63, 3.8) is 0 Å². The van der Waals surface area contributed by atoms with E-state index in [4.69, 9.17) is 4.42 Å². The molecule has 0 fully saturated rings. The molecule has 3 rings (SSSR count). The summed E-state index contributed by atoms with van der Waals surface area (Å²) >= 11 is 0. The van der Waals surface area contributed by atoms with Gasteiger partial charge in [-0.2, -0.15) is 10.1 Å². The van der Waals surface area contributed by atoms with E-state index in [1.807, 2.05) is 43.3 Å². The molecule has 0 atom stereocenters. The van der Waals surface area contributed by atoms with Crippen molar-refractivity contribution in [1.29, 1.82) is 0 Å². The molecule has 2 heterocycles. The van der Waals surface area contributed by atoms with Crippen LogP contribution in [0, 0.1) is 6.92 Å². The van der Waals surface area contributed by atoms with Crippen LogP contribution >= 0.6 is 0 Å². The molecule has 1 aromatic carbocycles. The van der Waals surface area contributed by atoms with Gasteiger partial charge in [0.15, 0.2) is 5.82 Å². The largest absolute Gasteiger partial charge is 0.467 e. The highest BCUT2D eigenvalue weighted by Crippen LogP contribution is 2.17. The van der Waals surface area contributed by atoms with Gasteiger partial charge in [-0.3, -0.25) is 0 Å². The van der Waals surface area contributed by atoms with Crippen molar-refractivity contribution < 1.29 is 4.42 Å². The zero-order valence-electron chi connectivity index (χ0n) is 11.6. The number of hydrogen-bond donors (Lipinski definition) is 2. The summed E-state index contributed by atoms with van der Waals surface area (Å²) in [6, 6.07) is 11.7. The lowest BCUT2D eigenvalue weighted by molar-refractivity contribution is 0.517. The van der Waals surface area contributed by atoms with Crippen molar-refractivity contribution in [3.05, 3.63) is 60.2 Å². The van der Waals surface area contributed by atoms with E-state index in [0.29, 0.717) is 18.3 Å². The summed E-state index contributed by atoms with van der Waals surface area (Å²) in [6.45, 7) is 2.57. The summed E-state index contributed by atoms with van der Waals surface area (Å²) in [7, 11) is 0. The van der Waals surface area contributed by atoms with Crippen molar-refractivity contribution in [2.45, 2.75) is 13.5 Å². The molecule has 2 N–H and O–H groups in total. The summed E-state index contributed by atoms with van der Waals surface area (Å²) < 4.78 is 5.25. The molecule has 0 radical (unpaired) electrons. The summed E-state index contributed by atoms with van der Waals surface area (Å²) in [4.78, 5) is 4.37. The molecule has 0 unspecified atom stereocenters. The molecule has 0 bridgehead atoms. The minimum Gasteiger partial charge on any atom is -0.467 e. The molecule has 6 heteroatoms.